The summed E-state index contributed by atoms with van der Waals surface area (Å²) in [4.78, 5) is 17.8. The van der Waals surface area contributed by atoms with Gasteiger partial charge in [0.05, 0.1) is 12.5 Å². The normalized spacial score (nSPS) is 21.7. The van der Waals surface area contributed by atoms with Crippen LogP contribution in [-0.4, -0.2) is 26.5 Å². The molecule has 1 aliphatic rings. The molecule has 1 rings (SSSR count). The van der Waals surface area contributed by atoms with Crippen molar-refractivity contribution in [1.29, 1.82) is 0 Å². The quantitative estimate of drug-likeness (QED) is 0.235. The molecule has 4 nitrogen and oxygen atoms in total. The lowest BCUT2D eigenvalue weighted by Crippen LogP contribution is -2.42. The van der Waals surface area contributed by atoms with E-state index in [9.17, 15) is 4.79 Å². The number of unbranched alkanes of at least 4 members (excludes halogenated alkanes) is 1. The smallest absolute Gasteiger partial charge is 0.309 e. The number of hydrogen-bond acceptors (Lipinski definition) is 4. The zero-order chi connectivity index (χ0) is 16.6. The highest BCUT2D eigenvalue weighted by atomic mass is 28.4. The van der Waals surface area contributed by atoms with Gasteiger partial charge < -0.3 is 4.74 Å². The first kappa shape index (κ1) is 19.7. The Morgan fingerprint density at radius 1 is 1.23 bits per heavy atom. The van der Waals surface area contributed by atoms with Crippen LogP contribution in [0, 0.1) is 5.92 Å². The fraction of sp³-hybridized carbons (Fsp3) is 0.941. The lowest BCUT2D eigenvalue weighted by Gasteiger charge is -2.35. The van der Waals surface area contributed by atoms with Gasteiger partial charge in [-0.1, -0.05) is 40.5 Å². The molecule has 22 heavy (non-hydrogen) atoms. The van der Waals surface area contributed by atoms with Crippen LogP contribution in [0.25, 0.3) is 0 Å². The molecule has 0 aromatic heterocycles. The van der Waals surface area contributed by atoms with Crippen molar-refractivity contribution in [3.8, 4) is 0 Å². The van der Waals surface area contributed by atoms with Gasteiger partial charge in [0.15, 0.2) is 0 Å². The van der Waals surface area contributed by atoms with Crippen molar-refractivity contribution in [3.05, 3.63) is 0 Å². The average Bonchev–Trinajstić information content (AvgIpc) is 2.92. The topological polar surface area (TPSA) is 44.8 Å². The van der Waals surface area contributed by atoms with E-state index in [4.69, 9.17) is 14.2 Å². The fourth-order valence-electron chi connectivity index (χ4n) is 3.09. The van der Waals surface area contributed by atoms with Crippen LogP contribution in [0.2, 0.25) is 18.1 Å². The minimum atomic E-state index is -1.78. The molecule has 0 radical (unpaired) electrons. The Bertz CT molecular complexity index is 335. The molecule has 0 aromatic carbocycles. The van der Waals surface area contributed by atoms with E-state index in [-0.39, 0.29) is 17.5 Å². The van der Waals surface area contributed by atoms with Crippen LogP contribution in [0.3, 0.4) is 0 Å². The van der Waals surface area contributed by atoms with E-state index in [2.05, 4.69) is 34.6 Å². The Morgan fingerprint density at radius 3 is 2.32 bits per heavy atom. The minimum Gasteiger partial charge on any atom is -0.465 e. The third kappa shape index (κ3) is 5.35. The summed E-state index contributed by atoms with van der Waals surface area (Å²) in [6, 6.07) is 3.19. The Labute approximate surface area is 137 Å². The highest BCUT2D eigenvalue weighted by molar-refractivity contribution is 6.73. The molecule has 0 unspecified atom stereocenters. The lowest BCUT2D eigenvalue weighted by molar-refractivity contribution is -0.304. The Hall–Kier alpha value is -0.393. The maximum atomic E-state index is 11.8. The molecule has 5 heteroatoms. The summed E-state index contributed by atoms with van der Waals surface area (Å²) < 4.78 is 11.2. The molecule has 0 N–H and O–H groups in total. The van der Waals surface area contributed by atoms with Crippen LogP contribution in [0.4, 0.5) is 0 Å². The third-order valence-electron chi connectivity index (χ3n) is 5.13. The van der Waals surface area contributed by atoms with Gasteiger partial charge in [-0.2, -0.15) is 0 Å². The molecular formula is C17H34O4Si. The number of rotatable bonds is 11. The summed E-state index contributed by atoms with van der Waals surface area (Å²) >= 11 is 0. The zero-order valence-electron chi connectivity index (χ0n) is 15.1. The van der Waals surface area contributed by atoms with Crippen molar-refractivity contribution >= 4 is 14.3 Å². The largest absolute Gasteiger partial charge is 0.465 e. The third-order valence-corrected chi connectivity index (χ3v) is 9.44. The molecule has 1 saturated heterocycles. The van der Waals surface area contributed by atoms with E-state index in [1.807, 2.05) is 0 Å². The van der Waals surface area contributed by atoms with Gasteiger partial charge in [0.2, 0.25) is 8.32 Å². The monoisotopic (exact) mass is 330 g/mol. The van der Waals surface area contributed by atoms with Crippen molar-refractivity contribution in [1.82, 2.24) is 0 Å². The highest BCUT2D eigenvalue weighted by Gasteiger charge is 2.39. The van der Waals surface area contributed by atoms with Gasteiger partial charge in [-0.3, -0.25) is 9.37 Å². The van der Waals surface area contributed by atoms with Crippen molar-refractivity contribution in [2.45, 2.75) is 90.5 Å². The molecule has 0 aromatic rings. The Balaban J connectivity index is 2.71. The maximum absolute atomic E-state index is 11.8. The van der Waals surface area contributed by atoms with Gasteiger partial charge in [0.25, 0.3) is 0 Å². The predicted molar refractivity (Wildman–Crippen MR) is 91.0 cm³/mol. The van der Waals surface area contributed by atoms with Crippen LogP contribution in [0.1, 0.15) is 66.7 Å². The van der Waals surface area contributed by atoms with E-state index >= 15 is 0 Å². The molecule has 0 amide bonds. The zero-order valence-corrected chi connectivity index (χ0v) is 16.1. The highest BCUT2D eigenvalue weighted by Crippen LogP contribution is 2.34. The predicted octanol–water partition coefficient (Wildman–Crippen LogP) is 4.84. The van der Waals surface area contributed by atoms with Gasteiger partial charge in [-0.15, -0.1) is 0 Å². The number of cyclic esters (lactones) is 1. The summed E-state index contributed by atoms with van der Waals surface area (Å²) in [5.41, 5.74) is -0.387. The Morgan fingerprint density at radius 2 is 1.86 bits per heavy atom. The maximum Gasteiger partial charge on any atom is 0.309 e. The van der Waals surface area contributed by atoms with E-state index in [1.54, 1.807) is 0 Å². The van der Waals surface area contributed by atoms with Gasteiger partial charge in [0.1, 0.15) is 5.60 Å². The SMILES string of the molecule is CCCC[C@](C)(C[C@H]1CCOC1=O)OO[Si](CC)(CC)CC. The summed E-state index contributed by atoms with van der Waals surface area (Å²) in [6.45, 7) is 11.4. The standard InChI is InChI=1S/C17H34O4Si/c1-6-10-12-17(5,14-15-11-13-19-16(15)18)20-21-22(7-2,8-3)9-4/h15H,6-14H2,1-5H3/t15-,17-/m1/s1. The number of ether oxygens (including phenoxy) is 1. The molecule has 1 aliphatic heterocycles. The van der Waals surface area contributed by atoms with E-state index in [0.717, 1.165) is 43.8 Å². The first-order valence-corrected chi connectivity index (χ1v) is 11.5. The van der Waals surface area contributed by atoms with Gasteiger partial charge in [-0.25, -0.2) is 4.89 Å². The molecule has 0 bridgehead atoms. The molecule has 0 saturated carbocycles. The lowest BCUT2D eigenvalue weighted by atomic mass is 9.87. The molecule has 0 spiro atoms. The molecule has 1 heterocycles. The van der Waals surface area contributed by atoms with Crippen molar-refractivity contribution in [2.24, 2.45) is 5.92 Å². The van der Waals surface area contributed by atoms with E-state index < -0.39 is 8.32 Å². The number of carbonyl (C=O) groups is 1. The van der Waals surface area contributed by atoms with Gasteiger partial charge >= 0.3 is 5.97 Å². The van der Waals surface area contributed by atoms with Crippen molar-refractivity contribution in [3.63, 3.8) is 0 Å². The second-order valence-electron chi connectivity index (χ2n) is 6.82. The second-order valence-corrected chi connectivity index (χ2v) is 11.5. The van der Waals surface area contributed by atoms with Gasteiger partial charge in [0, 0.05) is 0 Å². The van der Waals surface area contributed by atoms with Crippen LogP contribution < -0.4 is 0 Å². The molecule has 0 aliphatic carbocycles. The van der Waals surface area contributed by atoms with E-state index in [1.165, 1.54) is 0 Å². The molecular weight excluding hydrogens is 296 g/mol. The molecule has 2 atom stereocenters. The van der Waals surface area contributed by atoms with Crippen LogP contribution in [-0.2, 0) is 19.0 Å². The van der Waals surface area contributed by atoms with Crippen LogP contribution in [0.5, 0.6) is 0 Å². The summed E-state index contributed by atoms with van der Waals surface area (Å²) in [5, 5.41) is 0. The average molecular weight is 331 g/mol. The molecule has 1 fully saturated rings. The van der Waals surface area contributed by atoms with Crippen molar-refractivity contribution < 1.29 is 19.0 Å². The van der Waals surface area contributed by atoms with Crippen LogP contribution in [0.15, 0.2) is 0 Å². The first-order chi connectivity index (χ1) is 10.4. The van der Waals surface area contributed by atoms with E-state index in [0.29, 0.717) is 13.0 Å². The number of carbonyl (C=O) groups excluding carboxylic acids is 1. The fourth-order valence-corrected chi connectivity index (χ4v) is 5.32. The number of esters is 1. The minimum absolute atomic E-state index is 0.0357. The summed E-state index contributed by atoms with van der Waals surface area (Å²) in [7, 11) is -1.78. The molecule has 130 valence electrons. The number of hydrogen-bond donors (Lipinski definition) is 0. The van der Waals surface area contributed by atoms with Crippen molar-refractivity contribution in [2.75, 3.05) is 6.61 Å². The van der Waals surface area contributed by atoms with Crippen LogP contribution >= 0.6 is 0 Å². The first-order valence-electron chi connectivity index (χ1n) is 8.97. The summed E-state index contributed by atoms with van der Waals surface area (Å²) in [6.07, 6.45) is 4.64. The second kappa shape index (κ2) is 9.04. The Kier molecular flexibility index (Phi) is 8.07. The van der Waals surface area contributed by atoms with Gasteiger partial charge in [-0.05, 0) is 44.3 Å². The summed E-state index contributed by atoms with van der Waals surface area (Å²) in [5.74, 6) is -0.109.